The molecular weight excluding hydrogens is 284 g/mol. The van der Waals surface area contributed by atoms with Gasteiger partial charge in [-0.3, -0.25) is 0 Å². The summed E-state index contributed by atoms with van der Waals surface area (Å²) in [5, 5.41) is 9.19. The maximum absolute atomic E-state index is 12.4. The van der Waals surface area contributed by atoms with Crippen LogP contribution >= 0.6 is 23.5 Å². The standard InChI is InChI=1S/C12H22N2O3S2/c1-9(4-6-18-3)13(2)12(17)14-5-7-19-8-10(14)11(15)16/h9-10H,4-8H2,1-3H3,(H,15,16). The van der Waals surface area contributed by atoms with Gasteiger partial charge in [0, 0.05) is 31.1 Å². The molecule has 0 aromatic rings. The summed E-state index contributed by atoms with van der Waals surface area (Å²) >= 11 is 3.34. The third-order valence-electron chi connectivity index (χ3n) is 3.36. The van der Waals surface area contributed by atoms with Crippen LogP contribution in [0.25, 0.3) is 0 Å². The van der Waals surface area contributed by atoms with Crippen molar-refractivity contribution in [2.24, 2.45) is 0 Å². The van der Waals surface area contributed by atoms with Gasteiger partial charge in [0.1, 0.15) is 6.04 Å². The fraction of sp³-hybridized carbons (Fsp3) is 0.833. The Morgan fingerprint density at radius 3 is 2.84 bits per heavy atom. The molecule has 0 saturated carbocycles. The lowest BCUT2D eigenvalue weighted by atomic mass is 10.2. The van der Waals surface area contributed by atoms with Crippen LogP contribution in [-0.4, -0.2) is 76.1 Å². The highest BCUT2D eigenvalue weighted by Crippen LogP contribution is 2.19. The molecule has 2 atom stereocenters. The average Bonchev–Trinajstić information content (AvgIpc) is 2.42. The van der Waals surface area contributed by atoms with Crippen molar-refractivity contribution in [1.29, 1.82) is 0 Å². The summed E-state index contributed by atoms with van der Waals surface area (Å²) in [7, 11) is 1.76. The van der Waals surface area contributed by atoms with Crippen molar-refractivity contribution in [3.63, 3.8) is 0 Å². The summed E-state index contributed by atoms with van der Waals surface area (Å²) < 4.78 is 0. The molecule has 110 valence electrons. The van der Waals surface area contributed by atoms with Gasteiger partial charge in [0.25, 0.3) is 0 Å². The second kappa shape index (κ2) is 7.89. The Kier molecular flexibility index (Phi) is 6.85. The fourth-order valence-electron chi connectivity index (χ4n) is 1.91. The SMILES string of the molecule is CSCCC(C)N(C)C(=O)N1CCSCC1C(=O)O. The predicted molar refractivity (Wildman–Crippen MR) is 81.1 cm³/mol. The Morgan fingerprint density at radius 2 is 2.26 bits per heavy atom. The summed E-state index contributed by atoms with van der Waals surface area (Å²) in [5.41, 5.74) is 0. The summed E-state index contributed by atoms with van der Waals surface area (Å²) in [6.07, 6.45) is 2.96. The van der Waals surface area contributed by atoms with Crippen LogP contribution in [0.3, 0.4) is 0 Å². The molecule has 1 heterocycles. The summed E-state index contributed by atoms with van der Waals surface area (Å²) in [6.45, 7) is 2.52. The quantitative estimate of drug-likeness (QED) is 0.837. The first-order valence-electron chi connectivity index (χ1n) is 6.32. The lowest BCUT2D eigenvalue weighted by Gasteiger charge is -2.37. The van der Waals surface area contributed by atoms with Crippen LogP contribution in [0.2, 0.25) is 0 Å². The van der Waals surface area contributed by atoms with Gasteiger partial charge in [0.05, 0.1) is 0 Å². The maximum atomic E-state index is 12.4. The Labute approximate surface area is 123 Å². The number of rotatable bonds is 5. The molecule has 19 heavy (non-hydrogen) atoms. The second-order valence-electron chi connectivity index (χ2n) is 4.65. The van der Waals surface area contributed by atoms with E-state index < -0.39 is 12.0 Å². The number of carboxylic acid groups (broad SMARTS) is 1. The molecule has 0 aromatic heterocycles. The van der Waals surface area contributed by atoms with Gasteiger partial charge < -0.3 is 14.9 Å². The molecule has 1 N–H and O–H groups in total. The van der Waals surface area contributed by atoms with E-state index in [1.165, 1.54) is 4.90 Å². The van der Waals surface area contributed by atoms with Gasteiger partial charge in [-0.2, -0.15) is 23.5 Å². The van der Waals surface area contributed by atoms with Gasteiger partial charge in [0.15, 0.2) is 0 Å². The van der Waals surface area contributed by atoms with Crippen molar-refractivity contribution in [2.45, 2.75) is 25.4 Å². The highest BCUT2D eigenvalue weighted by molar-refractivity contribution is 7.99. The van der Waals surface area contributed by atoms with E-state index in [0.29, 0.717) is 12.3 Å². The molecule has 1 rings (SSSR count). The molecule has 2 unspecified atom stereocenters. The van der Waals surface area contributed by atoms with Crippen LogP contribution in [0.15, 0.2) is 0 Å². The van der Waals surface area contributed by atoms with E-state index in [1.54, 1.807) is 35.5 Å². The number of urea groups is 1. The molecule has 0 bridgehead atoms. The third kappa shape index (κ3) is 4.49. The monoisotopic (exact) mass is 306 g/mol. The van der Waals surface area contributed by atoms with E-state index >= 15 is 0 Å². The van der Waals surface area contributed by atoms with E-state index in [1.807, 2.05) is 13.2 Å². The number of carbonyl (C=O) groups is 2. The topological polar surface area (TPSA) is 60.9 Å². The Hall–Kier alpha value is -0.560. The normalized spacial score (nSPS) is 21.0. The molecule has 1 aliphatic rings. The van der Waals surface area contributed by atoms with Gasteiger partial charge in [-0.15, -0.1) is 0 Å². The van der Waals surface area contributed by atoms with Crippen LogP contribution in [0.1, 0.15) is 13.3 Å². The molecule has 0 aromatic carbocycles. The van der Waals surface area contributed by atoms with Gasteiger partial charge in [-0.25, -0.2) is 9.59 Å². The van der Waals surface area contributed by atoms with E-state index in [-0.39, 0.29) is 12.1 Å². The van der Waals surface area contributed by atoms with Crippen molar-refractivity contribution in [3.05, 3.63) is 0 Å². The second-order valence-corrected chi connectivity index (χ2v) is 6.78. The molecule has 0 radical (unpaired) electrons. The van der Waals surface area contributed by atoms with Gasteiger partial charge >= 0.3 is 12.0 Å². The first kappa shape index (κ1) is 16.5. The minimum absolute atomic E-state index is 0.129. The van der Waals surface area contributed by atoms with Gasteiger partial charge in [-0.1, -0.05) is 0 Å². The number of nitrogens with zero attached hydrogens (tertiary/aromatic N) is 2. The zero-order valence-electron chi connectivity index (χ0n) is 11.7. The number of hydrogen-bond donors (Lipinski definition) is 1. The number of carboxylic acids is 1. The van der Waals surface area contributed by atoms with E-state index in [9.17, 15) is 14.7 Å². The van der Waals surface area contributed by atoms with Crippen LogP contribution in [-0.2, 0) is 4.79 Å². The van der Waals surface area contributed by atoms with E-state index in [0.717, 1.165) is 17.9 Å². The summed E-state index contributed by atoms with van der Waals surface area (Å²) in [4.78, 5) is 26.8. The lowest BCUT2D eigenvalue weighted by molar-refractivity contribution is -0.141. The smallest absolute Gasteiger partial charge is 0.327 e. The molecular formula is C12H22N2O3S2. The number of thioether (sulfide) groups is 2. The summed E-state index contributed by atoms with van der Waals surface area (Å²) in [5.74, 6) is 1.37. The Bertz CT molecular complexity index is 328. The third-order valence-corrected chi connectivity index (χ3v) is 5.03. The number of carbonyl (C=O) groups excluding carboxylic acids is 1. The van der Waals surface area contributed by atoms with Crippen molar-refractivity contribution in [1.82, 2.24) is 9.80 Å². The zero-order chi connectivity index (χ0) is 14.4. The molecule has 7 heteroatoms. The van der Waals surface area contributed by atoms with Crippen molar-refractivity contribution in [2.75, 3.05) is 37.1 Å². The van der Waals surface area contributed by atoms with E-state index in [4.69, 9.17) is 0 Å². The molecule has 1 aliphatic heterocycles. The molecule has 2 amide bonds. The minimum Gasteiger partial charge on any atom is -0.480 e. The van der Waals surface area contributed by atoms with Crippen LogP contribution in [0.4, 0.5) is 4.79 Å². The molecule has 5 nitrogen and oxygen atoms in total. The zero-order valence-corrected chi connectivity index (χ0v) is 13.3. The first-order valence-corrected chi connectivity index (χ1v) is 8.86. The van der Waals surface area contributed by atoms with Gasteiger partial charge in [-0.05, 0) is 25.4 Å². The number of aliphatic carboxylic acids is 1. The van der Waals surface area contributed by atoms with Crippen LogP contribution < -0.4 is 0 Å². The van der Waals surface area contributed by atoms with E-state index in [2.05, 4.69) is 0 Å². The van der Waals surface area contributed by atoms with Crippen molar-refractivity contribution < 1.29 is 14.7 Å². The predicted octanol–water partition coefficient (Wildman–Crippen LogP) is 1.68. The number of amides is 2. The molecule has 0 aliphatic carbocycles. The number of hydrogen-bond acceptors (Lipinski definition) is 4. The molecule has 0 spiro atoms. The fourth-order valence-corrected chi connectivity index (χ4v) is 3.53. The average molecular weight is 306 g/mol. The minimum atomic E-state index is -0.911. The Morgan fingerprint density at radius 1 is 1.58 bits per heavy atom. The van der Waals surface area contributed by atoms with Crippen LogP contribution in [0, 0.1) is 0 Å². The maximum Gasteiger partial charge on any atom is 0.327 e. The van der Waals surface area contributed by atoms with Crippen molar-refractivity contribution >= 4 is 35.5 Å². The first-order chi connectivity index (χ1) is 8.99. The van der Waals surface area contributed by atoms with Crippen LogP contribution in [0.5, 0.6) is 0 Å². The highest BCUT2D eigenvalue weighted by atomic mass is 32.2. The molecule has 1 fully saturated rings. The largest absolute Gasteiger partial charge is 0.480 e. The lowest BCUT2D eigenvalue weighted by Crippen LogP contribution is -2.55. The summed E-state index contributed by atoms with van der Waals surface area (Å²) in [6, 6.07) is -0.730. The highest BCUT2D eigenvalue weighted by Gasteiger charge is 2.34. The molecule has 1 saturated heterocycles. The van der Waals surface area contributed by atoms with Crippen molar-refractivity contribution in [3.8, 4) is 0 Å². The van der Waals surface area contributed by atoms with Gasteiger partial charge in [0.2, 0.25) is 0 Å². The Balaban J connectivity index is 2.65.